The molecule has 3 aliphatic rings. The summed E-state index contributed by atoms with van der Waals surface area (Å²) >= 11 is 1.92. The Kier molecular flexibility index (Phi) is 8.26. The largest absolute Gasteiger partial charge is 0.352 e. The molecule has 4 N–H and O–H groups in total. The average molecular weight is 554 g/mol. The number of benzene rings is 2. The number of hydrogen-bond acceptors (Lipinski definition) is 5. The molecular formula is C29H35N3O4S2. The van der Waals surface area contributed by atoms with Crippen LogP contribution in [0.1, 0.15) is 50.5 Å². The zero-order valence-electron chi connectivity index (χ0n) is 21.4. The lowest BCUT2D eigenvalue weighted by molar-refractivity contribution is -0.133. The molecule has 1 heterocycles. The third-order valence-corrected chi connectivity index (χ3v) is 10.5. The molecule has 9 heteroatoms. The Bertz CT molecular complexity index is 1320. The topological polar surface area (TPSA) is 118 Å². The first-order valence-electron chi connectivity index (χ1n) is 13.4. The quantitative estimate of drug-likeness (QED) is 0.450. The summed E-state index contributed by atoms with van der Waals surface area (Å²) in [6.45, 7) is 0.937. The Morgan fingerprint density at radius 2 is 1.50 bits per heavy atom. The minimum Gasteiger partial charge on any atom is -0.352 e. The number of sulfonamides is 1. The van der Waals surface area contributed by atoms with Gasteiger partial charge in [-0.05, 0) is 59.8 Å². The van der Waals surface area contributed by atoms with Crippen LogP contribution in [-0.2, 0) is 26.2 Å². The molecule has 202 valence electrons. The van der Waals surface area contributed by atoms with Gasteiger partial charge in [-0.2, -0.15) is 0 Å². The molecule has 2 aromatic rings. The number of rotatable bonds is 8. The van der Waals surface area contributed by atoms with Gasteiger partial charge in [0.05, 0.1) is 4.90 Å². The first kappa shape index (κ1) is 27.0. The third-order valence-electron chi connectivity index (χ3n) is 8.15. The summed E-state index contributed by atoms with van der Waals surface area (Å²) < 4.78 is 23.9. The van der Waals surface area contributed by atoms with Gasteiger partial charge in [-0.1, -0.05) is 61.7 Å². The summed E-state index contributed by atoms with van der Waals surface area (Å²) in [5.41, 5.74) is 3.51. The van der Waals surface area contributed by atoms with E-state index < -0.39 is 10.0 Å². The maximum Gasteiger partial charge on any atom is 0.238 e. The highest BCUT2D eigenvalue weighted by molar-refractivity contribution is 8.03. The molecule has 3 unspecified atom stereocenters. The predicted octanol–water partition coefficient (Wildman–Crippen LogP) is 4.34. The summed E-state index contributed by atoms with van der Waals surface area (Å²) in [5, 5.41) is 14.4. The Morgan fingerprint density at radius 1 is 0.842 bits per heavy atom. The molecule has 2 saturated carbocycles. The van der Waals surface area contributed by atoms with Crippen molar-refractivity contribution < 1.29 is 18.0 Å². The van der Waals surface area contributed by atoms with E-state index in [1.54, 1.807) is 18.2 Å². The van der Waals surface area contributed by atoms with Gasteiger partial charge in [-0.3, -0.25) is 9.59 Å². The van der Waals surface area contributed by atoms with E-state index in [2.05, 4.69) is 16.0 Å². The number of thioether (sulfide) groups is 1. The lowest BCUT2D eigenvalue weighted by Gasteiger charge is -2.27. The Labute approximate surface area is 229 Å². The molecule has 2 fully saturated rings. The number of nitrogens with one attached hydrogen (secondary N) is 2. The van der Waals surface area contributed by atoms with Crippen molar-refractivity contribution in [2.24, 2.45) is 22.9 Å². The predicted molar refractivity (Wildman–Crippen MR) is 150 cm³/mol. The van der Waals surface area contributed by atoms with E-state index in [1.165, 1.54) is 37.3 Å². The number of carbonyl (C=O) groups is 2. The van der Waals surface area contributed by atoms with E-state index in [-0.39, 0.29) is 28.5 Å². The number of nitrogens with two attached hydrogens (primary N) is 1. The highest BCUT2D eigenvalue weighted by Gasteiger charge is 2.38. The number of amides is 2. The van der Waals surface area contributed by atoms with E-state index >= 15 is 0 Å². The van der Waals surface area contributed by atoms with Crippen LogP contribution in [0, 0.1) is 17.8 Å². The van der Waals surface area contributed by atoms with Crippen molar-refractivity contribution in [1.82, 2.24) is 10.6 Å². The van der Waals surface area contributed by atoms with E-state index in [1.807, 2.05) is 36.0 Å². The molecular weight excluding hydrogens is 518 g/mol. The number of hydrogen-bond donors (Lipinski definition) is 3. The Hall–Kier alpha value is -2.62. The normalized spacial score (nSPS) is 24.9. The number of primary sulfonamides is 1. The molecule has 2 aliphatic carbocycles. The van der Waals surface area contributed by atoms with Crippen molar-refractivity contribution in [3.63, 3.8) is 0 Å². The van der Waals surface area contributed by atoms with Crippen LogP contribution < -0.4 is 15.8 Å². The smallest absolute Gasteiger partial charge is 0.238 e. The van der Waals surface area contributed by atoms with E-state index in [4.69, 9.17) is 5.14 Å². The van der Waals surface area contributed by atoms with Gasteiger partial charge in [0.25, 0.3) is 0 Å². The fraction of sp³-hybridized carbons (Fsp3) is 0.448. The van der Waals surface area contributed by atoms with Crippen molar-refractivity contribution in [1.29, 1.82) is 0 Å². The van der Waals surface area contributed by atoms with Crippen LogP contribution in [0.15, 0.2) is 64.4 Å². The zero-order valence-corrected chi connectivity index (χ0v) is 23.0. The van der Waals surface area contributed by atoms with Crippen molar-refractivity contribution in [2.75, 3.05) is 6.54 Å². The maximum absolute atomic E-state index is 13.0. The van der Waals surface area contributed by atoms with Gasteiger partial charge >= 0.3 is 0 Å². The second-order valence-corrected chi connectivity index (χ2v) is 13.2. The lowest BCUT2D eigenvalue weighted by atomic mass is 9.84. The van der Waals surface area contributed by atoms with Gasteiger partial charge in [-0.25, -0.2) is 13.6 Å². The second-order valence-electron chi connectivity index (χ2n) is 10.6. The molecule has 0 saturated heterocycles. The highest BCUT2D eigenvalue weighted by Crippen LogP contribution is 2.44. The molecule has 38 heavy (non-hydrogen) atoms. The lowest BCUT2D eigenvalue weighted by Crippen LogP contribution is -2.40. The Balaban J connectivity index is 1.15. The standard InChI is InChI=1S/C29H35N3O4S2/c30-38(35,36)27-11-4-2-7-23(27)20-14-12-19(13-15-20)16-31-28(33)24-8-5-9-25(24)29(34)32-17-21-18-37-26-10-3-1-6-22(21)26/h2,4,7,11-15,18,22,24-26H,1,3,5-6,8-10,16-17H2,(H,31,33)(H,32,34)(H2,30,35,36)/t22?,24?,25-,26?/m1/s1. The van der Waals surface area contributed by atoms with Crippen LogP contribution >= 0.6 is 11.8 Å². The first-order chi connectivity index (χ1) is 18.3. The summed E-state index contributed by atoms with van der Waals surface area (Å²) in [4.78, 5) is 26.2. The van der Waals surface area contributed by atoms with Crippen LogP contribution in [0.4, 0.5) is 0 Å². The van der Waals surface area contributed by atoms with Gasteiger partial charge in [0.2, 0.25) is 21.8 Å². The van der Waals surface area contributed by atoms with Gasteiger partial charge in [0.15, 0.2) is 0 Å². The SMILES string of the molecule is NS(=O)(=O)c1ccccc1-c1ccc(CNC(=O)C2CCC[C@H]2C(=O)NCC2=CSC3CCCCC23)cc1. The van der Waals surface area contributed by atoms with Crippen LogP contribution in [-0.4, -0.2) is 32.0 Å². The number of fused-ring (bicyclic) bond motifs is 1. The van der Waals surface area contributed by atoms with E-state index in [9.17, 15) is 18.0 Å². The van der Waals surface area contributed by atoms with E-state index in [0.29, 0.717) is 29.8 Å². The fourth-order valence-electron chi connectivity index (χ4n) is 6.10. The zero-order chi connectivity index (χ0) is 26.7. The van der Waals surface area contributed by atoms with Gasteiger partial charge < -0.3 is 10.6 Å². The summed E-state index contributed by atoms with van der Waals surface area (Å²) in [7, 11) is -3.84. The summed E-state index contributed by atoms with van der Waals surface area (Å²) in [6, 6.07) is 14.0. The molecule has 0 radical (unpaired) electrons. The molecule has 0 bridgehead atoms. The van der Waals surface area contributed by atoms with Crippen molar-refractivity contribution in [3.05, 3.63) is 65.1 Å². The molecule has 0 aromatic heterocycles. The van der Waals surface area contributed by atoms with Gasteiger partial charge in [0, 0.05) is 35.7 Å². The van der Waals surface area contributed by atoms with Gasteiger partial charge in [-0.15, -0.1) is 11.8 Å². The van der Waals surface area contributed by atoms with Crippen molar-refractivity contribution in [2.45, 2.75) is 61.6 Å². The molecule has 7 nitrogen and oxygen atoms in total. The van der Waals surface area contributed by atoms with Gasteiger partial charge in [0.1, 0.15) is 0 Å². The van der Waals surface area contributed by atoms with Crippen molar-refractivity contribution >= 4 is 33.6 Å². The molecule has 5 rings (SSSR count). The maximum atomic E-state index is 13.0. The molecule has 1 aliphatic heterocycles. The van der Waals surface area contributed by atoms with Crippen molar-refractivity contribution in [3.8, 4) is 11.1 Å². The average Bonchev–Trinajstić information content (AvgIpc) is 3.58. The minimum atomic E-state index is -3.84. The van der Waals surface area contributed by atoms with Crippen LogP contribution in [0.2, 0.25) is 0 Å². The van der Waals surface area contributed by atoms with E-state index in [0.717, 1.165) is 30.4 Å². The molecule has 2 amide bonds. The third kappa shape index (κ3) is 6.00. The van der Waals surface area contributed by atoms with Crippen LogP contribution in [0.3, 0.4) is 0 Å². The highest BCUT2D eigenvalue weighted by atomic mass is 32.2. The van der Waals surface area contributed by atoms with Crippen LogP contribution in [0.5, 0.6) is 0 Å². The monoisotopic (exact) mass is 553 g/mol. The molecule has 2 aromatic carbocycles. The summed E-state index contributed by atoms with van der Waals surface area (Å²) in [5.74, 6) is -0.106. The first-order valence-corrected chi connectivity index (χ1v) is 15.9. The molecule has 4 atom stereocenters. The minimum absolute atomic E-state index is 0.00863. The summed E-state index contributed by atoms with van der Waals surface area (Å²) in [6.07, 6.45) is 7.38. The second kappa shape index (κ2) is 11.6. The van der Waals surface area contributed by atoms with Crippen LogP contribution in [0.25, 0.3) is 11.1 Å². The Morgan fingerprint density at radius 3 is 2.21 bits per heavy atom. The fourth-order valence-corrected chi connectivity index (χ4v) is 8.27. The molecule has 0 spiro atoms. The number of carbonyl (C=O) groups excluding carboxylic acids is 2.